The van der Waals surface area contributed by atoms with Crippen molar-refractivity contribution in [3.05, 3.63) is 23.8 Å². The molecule has 0 bridgehead atoms. The second-order valence-corrected chi connectivity index (χ2v) is 4.90. The van der Waals surface area contributed by atoms with Crippen LogP contribution in [0.25, 0.3) is 0 Å². The van der Waals surface area contributed by atoms with Crippen molar-refractivity contribution in [1.82, 2.24) is 0 Å². The molecular weight excluding hydrogens is 240 g/mol. The van der Waals surface area contributed by atoms with E-state index in [4.69, 9.17) is 10.8 Å². The Morgan fingerprint density at radius 2 is 2.16 bits per heavy atom. The second kappa shape index (κ2) is 7.67. The Kier molecular flexibility index (Phi) is 6.19. The van der Waals surface area contributed by atoms with Crippen molar-refractivity contribution >= 4 is 17.3 Å². The molecule has 1 atom stereocenters. The van der Waals surface area contributed by atoms with Gasteiger partial charge in [0.05, 0.1) is 5.56 Å². The standard InChI is InChI=1S/C15H24N2O2/c1-3-5-6-11(4-2)10-17-12-7-8-13(15(18)19)14(16)9-12/h7-9,11,17H,3-6,10,16H2,1-2H3,(H,18,19). The Morgan fingerprint density at radius 1 is 1.42 bits per heavy atom. The number of carboxylic acids is 1. The molecule has 4 nitrogen and oxygen atoms in total. The number of rotatable bonds is 8. The molecule has 0 amide bonds. The topological polar surface area (TPSA) is 75.3 Å². The minimum atomic E-state index is -0.988. The fraction of sp³-hybridized carbons (Fsp3) is 0.533. The van der Waals surface area contributed by atoms with E-state index in [1.807, 2.05) is 0 Å². The molecule has 4 heteroatoms. The van der Waals surface area contributed by atoms with E-state index in [2.05, 4.69) is 19.2 Å². The van der Waals surface area contributed by atoms with Crippen LogP contribution in [0.3, 0.4) is 0 Å². The Labute approximate surface area is 115 Å². The maximum absolute atomic E-state index is 10.9. The first-order chi connectivity index (χ1) is 9.08. The second-order valence-electron chi connectivity index (χ2n) is 4.90. The van der Waals surface area contributed by atoms with Crippen molar-refractivity contribution in [3.63, 3.8) is 0 Å². The molecule has 0 heterocycles. The lowest BCUT2D eigenvalue weighted by molar-refractivity contribution is 0.0698. The molecule has 0 aliphatic carbocycles. The minimum Gasteiger partial charge on any atom is -0.478 e. The molecule has 0 radical (unpaired) electrons. The molecule has 0 aliphatic rings. The van der Waals surface area contributed by atoms with Crippen LogP contribution in [-0.4, -0.2) is 17.6 Å². The molecule has 1 aromatic carbocycles. The van der Waals surface area contributed by atoms with Gasteiger partial charge in [0.1, 0.15) is 0 Å². The van der Waals surface area contributed by atoms with Crippen molar-refractivity contribution in [2.75, 3.05) is 17.6 Å². The monoisotopic (exact) mass is 264 g/mol. The summed E-state index contributed by atoms with van der Waals surface area (Å²) in [6.07, 6.45) is 4.84. The highest BCUT2D eigenvalue weighted by Crippen LogP contribution is 2.19. The predicted octanol–water partition coefficient (Wildman–Crippen LogP) is 3.60. The summed E-state index contributed by atoms with van der Waals surface area (Å²) < 4.78 is 0. The molecule has 1 rings (SSSR count). The zero-order valence-corrected chi connectivity index (χ0v) is 11.8. The van der Waals surface area contributed by atoms with Gasteiger partial charge in [-0.25, -0.2) is 4.79 Å². The third-order valence-corrected chi connectivity index (χ3v) is 3.42. The molecular formula is C15H24N2O2. The molecule has 0 saturated heterocycles. The molecule has 4 N–H and O–H groups in total. The minimum absolute atomic E-state index is 0.156. The van der Waals surface area contributed by atoms with Gasteiger partial charge in [-0.05, 0) is 30.5 Å². The van der Waals surface area contributed by atoms with Crippen LogP contribution in [0.4, 0.5) is 11.4 Å². The number of carbonyl (C=O) groups is 1. The first kappa shape index (κ1) is 15.3. The lowest BCUT2D eigenvalue weighted by Crippen LogP contribution is -2.14. The summed E-state index contributed by atoms with van der Waals surface area (Å²) in [6, 6.07) is 5.01. The van der Waals surface area contributed by atoms with Crippen LogP contribution >= 0.6 is 0 Å². The summed E-state index contributed by atoms with van der Waals surface area (Å²) in [5.41, 5.74) is 7.07. The number of nitrogens with two attached hydrogens (primary N) is 1. The van der Waals surface area contributed by atoms with Gasteiger partial charge in [0.15, 0.2) is 0 Å². The fourth-order valence-electron chi connectivity index (χ4n) is 2.07. The van der Waals surface area contributed by atoms with Crippen molar-refractivity contribution in [3.8, 4) is 0 Å². The van der Waals surface area contributed by atoms with E-state index in [1.165, 1.54) is 19.3 Å². The number of hydrogen-bond donors (Lipinski definition) is 3. The van der Waals surface area contributed by atoms with Gasteiger partial charge < -0.3 is 16.2 Å². The average molecular weight is 264 g/mol. The molecule has 0 spiro atoms. The maximum atomic E-state index is 10.9. The van der Waals surface area contributed by atoms with Gasteiger partial charge in [-0.1, -0.05) is 33.1 Å². The van der Waals surface area contributed by atoms with Crippen LogP contribution in [0.5, 0.6) is 0 Å². The van der Waals surface area contributed by atoms with Gasteiger partial charge in [0.2, 0.25) is 0 Å². The first-order valence-corrected chi connectivity index (χ1v) is 6.95. The first-order valence-electron chi connectivity index (χ1n) is 6.95. The van der Waals surface area contributed by atoms with Crippen molar-refractivity contribution in [2.45, 2.75) is 39.5 Å². The zero-order valence-electron chi connectivity index (χ0n) is 11.8. The number of carboxylic acid groups (broad SMARTS) is 1. The summed E-state index contributed by atoms with van der Waals surface area (Å²) in [4.78, 5) is 10.9. The Morgan fingerprint density at radius 3 is 2.68 bits per heavy atom. The lowest BCUT2D eigenvalue weighted by Gasteiger charge is -2.16. The van der Waals surface area contributed by atoms with Crippen LogP contribution in [0.2, 0.25) is 0 Å². The number of benzene rings is 1. The smallest absolute Gasteiger partial charge is 0.337 e. The summed E-state index contributed by atoms with van der Waals surface area (Å²) in [5.74, 6) is -0.334. The predicted molar refractivity (Wildman–Crippen MR) is 79.6 cm³/mol. The number of unbranched alkanes of at least 4 members (excludes halogenated alkanes) is 1. The van der Waals surface area contributed by atoms with Crippen molar-refractivity contribution in [2.24, 2.45) is 5.92 Å². The van der Waals surface area contributed by atoms with E-state index >= 15 is 0 Å². The van der Waals surface area contributed by atoms with E-state index in [-0.39, 0.29) is 5.56 Å². The van der Waals surface area contributed by atoms with Gasteiger partial charge in [-0.3, -0.25) is 0 Å². The van der Waals surface area contributed by atoms with E-state index in [1.54, 1.807) is 18.2 Å². The van der Waals surface area contributed by atoms with Gasteiger partial charge in [0, 0.05) is 17.9 Å². The largest absolute Gasteiger partial charge is 0.478 e. The van der Waals surface area contributed by atoms with Gasteiger partial charge >= 0.3 is 5.97 Å². The molecule has 0 fully saturated rings. The van der Waals surface area contributed by atoms with E-state index in [9.17, 15) is 4.79 Å². The Hall–Kier alpha value is -1.71. The van der Waals surface area contributed by atoms with E-state index in [0.717, 1.165) is 18.7 Å². The van der Waals surface area contributed by atoms with Crippen molar-refractivity contribution < 1.29 is 9.90 Å². The number of aromatic carboxylic acids is 1. The number of nitrogen functional groups attached to an aromatic ring is 1. The van der Waals surface area contributed by atoms with Gasteiger partial charge in [-0.15, -0.1) is 0 Å². The number of anilines is 2. The van der Waals surface area contributed by atoms with Crippen LogP contribution in [-0.2, 0) is 0 Å². The SMILES string of the molecule is CCCCC(CC)CNc1ccc(C(=O)O)c(N)c1. The highest BCUT2D eigenvalue weighted by molar-refractivity contribution is 5.94. The molecule has 106 valence electrons. The van der Waals surface area contributed by atoms with E-state index < -0.39 is 5.97 Å². The van der Waals surface area contributed by atoms with Crippen LogP contribution in [0, 0.1) is 5.92 Å². The molecule has 0 aromatic heterocycles. The quantitative estimate of drug-likeness (QED) is 0.627. The van der Waals surface area contributed by atoms with Gasteiger partial charge in [0.25, 0.3) is 0 Å². The van der Waals surface area contributed by atoms with Crippen LogP contribution < -0.4 is 11.1 Å². The number of hydrogen-bond acceptors (Lipinski definition) is 3. The van der Waals surface area contributed by atoms with E-state index in [0.29, 0.717) is 11.6 Å². The van der Waals surface area contributed by atoms with Crippen LogP contribution in [0.15, 0.2) is 18.2 Å². The van der Waals surface area contributed by atoms with Crippen molar-refractivity contribution in [1.29, 1.82) is 0 Å². The highest BCUT2D eigenvalue weighted by atomic mass is 16.4. The molecule has 1 unspecified atom stereocenters. The number of nitrogens with one attached hydrogen (secondary N) is 1. The fourth-order valence-corrected chi connectivity index (χ4v) is 2.07. The molecule has 0 aliphatic heterocycles. The molecule has 1 aromatic rings. The summed E-state index contributed by atoms with van der Waals surface area (Å²) >= 11 is 0. The summed E-state index contributed by atoms with van der Waals surface area (Å²) in [5, 5.41) is 12.2. The zero-order chi connectivity index (χ0) is 14.3. The third-order valence-electron chi connectivity index (χ3n) is 3.42. The highest BCUT2D eigenvalue weighted by Gasteiger charge is 2.09. The molecule has 0 saturated carbocycles. The average Bonchev–Trinajstić information content (AvgIpc) is 2.38. The molecule has 19 heavy (non-hydrogen) atoms. The maximum Gasteiger partial charge on any atom is 0.337 e. The summed E-state index contributed by atoms with van der Waals surface area (Å²) in [6.45, 7) is 5.30. The summed E-state index contributed by atoms with van der Waals surface area (Å²) in [7, 11) is 0. The third kappa shape index (κ3) is 4.81. The lowest BCUT2D eigenvalue weighted by atomic mass is 9.99. The Bertz CT molecular complexity index is 419. The Balaban J connectivity index is 2.57. The van der Waals surface area contributed by atoms with Gasteiger partial charge in [-0.2, -0.15) is 0 Å². The normalized spacial score (nSPS) is 12.1. The van der Waals surface area contributed by atoms with Crippen LogP contribution in [0.1, 0.15) is 49.9 Å².